The van der Waals surface area contributed by atoms with Crippen LogP contribution in [-0.2, 0) is 6.42 Å². The number of nitrogens with zero attached hydrogens (tertiary/aromatic N) is 3. The van der Waals surface area contributed by atoms with Gasteiger partial charge in [0.05, 0.1) is 5.39 Å². The molecule has 0 bridgehead atoms. The molecule has 27 heavy (non-hydrogen) atoms. The summed E-state index contributed by atoms with van der Waals surface area (Å²) >= 11 is 1.65. The summed E-state index contributed by atoms with van der Waals surface area (Å²) in [6.45, 7) is 6.34. The second-order valence-electron chi connectivity index (χ2n) is 7.57. The van der Waals surface area contributed by atoms with E-state index in [1.165, 1.54) is 4.88 Å². The number of benzene rings is 1. The molecule has 0 N–H and O–H groups in total. The standard InChI is InChI=1S/C22H27N3OS/c1-4-8-18-23-21-20(19(15(2)27-21)16-9-6-5-7-10-16)22(26)25(18)17-11-13-24(3)14-12-17/h5-7,9-10,17H,4,8,11-14H2,1-3H3. The predicted molar refractivity (Wildman–Crippen MR) is 114 cm³/mol. The van der Waals surface area contributed by atoms with Crippen molar-refractivity contribution in [1.82, 2.24) is 14.5 Å². The summed E-state index contributed by atoms with van der Waals surface area (Å²) < 4.78 is 2.04. The molecule has 0 radical (unpaired) electrons. The van der Waals surface area contributed by atoms with Crippen LogP contribution in [-0.4, -0.2) is 34.6 Å². The number of hydrogen-bond donors (Lipinski definition) is 0. The molecule has 3 aromatic rings. The van der Waals surface area contributed by atoms with Gasteiger partial charge < -0.3 is 4.90 Å². The molecule has 0 aliphatic carbocycles. The van der Waals surface area contributed by atoms with Gasteiger partial charge in [-0.05, 0) is 51.9 Å². The minimum Gasteiger partial charge on any atom is -0.306 e. The summed E-state index contributed by atoms with van der Waals surface area (Å²) in [6.07, 6.45) is 3.89. The lowest BCUT2D eigenvalue weighted by Gasteiger charge is -2.31. The van der Waals surface area contributed by atoms with E-state index in [-0.39, 0.29) is 11.6 Å². The monoisotopic (exact) mass is 381 g/mol. The van der Waals surface area contributed by atoms with Crippen molar-refractivity contribution < 1.29 is 0 Å². The molecule has 1 aliphatic rings. The summed E-state index contributed by atoms with van der Waals surface area (Å²) in [5.74, 6) is 0.963. The second-order valence-corrected chi connectivity index (χ2v) is 8.77. The second kappa shape index (κ2) is 7.56. The zero-order chi connectivity index (χ0) is 19.0. The van der Waals surface area contributed by atoms with Crippen LogP contribution in [0.3, 0.4) is 0 Å². The first-order valence-corrected chi connectivity index (χ1v) is 10.7. The van der Waals surface area contributed by atoms with Crippen LogP contribution in [0.1, 0.15) is 42.9 Å². The van der Waals surface area contributed by atoms with Crippen LogP contribution in [0.2, 0.25) is 0 Å². The first-order valence-electron chi connectivity index (χ1n) is 9.88. The maximum atomic E-state index is 13.7. The summed E-state index contributed by atoms with van der Waals surface area (Å²) in [4.78, 5) is 23.1. The lowest BCUT2D eigenvalue weighted by molar-refractivity contribution is 0.215. The fourth-order valence-electron chi connectivity index (χ4n) is 4.20. The Morgan fingerprint density at radius 2 is 1.89 bits per heavy atom. The van der Waals surface area contributed by atoms with Gasteiger partial charge in [-0.25, -0.2) is 4.98 Å². The normalized spacial score (nSPS) is 16.3. The van der Waals surface area contributed by atoms with E-state index in [2.05, 4.69) is 37.9 Å². The van der Waals surface area contributed by atoms with Gasteiger partial charge in [0.2, 0.25) is 0 Å². The Labute approximate surface area is 164 Å². The Bertz CT molecular complexity index is 998. The average Bonchev–Trinajstić information content (AvgIpc) is 3.00. The third-order valence-corrected chi connectivity index (χ3v) is 6.60. The molecule has 4 nitrogen and oxygen atoms in total. The molecule has 0 atom stereocenters. The Morgan fingerprint density at radius 3 is 2.56 bits per heavy atom. The first-order chi connectivity index (χ1) is 13.1. The highest BCUT2D eigenvalue weighted by Gasteiger charge is 2.25. The Hall–Kier alpha value is -1.98. The van der Waals surface area contributed by atoms with Crippen LogP contribution < -0.4 is 5.56 Å². The molecular formula is C22H27N3OS. The highest BCUT2D eigenvalue weighted by Crippen LogP contribution is 2.36. The number of fused-ring (bicyclic) bond motifs is 1. The van der Waals surface area contributed by atoms with E-state index < -0.39 is 0 Å². The van der Waals surface area contributed by atoms with Gasteiger partial charge in [0, 0.05) is 22.9 Å². The number of aromatic nitrogens is 2. The summed E-state index contributed by atoms with van der Waals surface area (Å²) in [7, 11) is 2.16. The van der Waals surface area contributed by atoms with Crippen molar-refractivity contribution in [1.29, 1.82) is 0 Å². The highest BCUT2D eigenvalue weighted by molar-refractivity contribution is 7.19. The number of hydrogen-bond acceptors (Lipinski definition) is 4. The predicted octanol–water partition coefficient (Wildman–Crippen LogP) is 4.65. The number of piperidine rings is 1. The molecule has 4 rings (SSSR count). The summed E-state index contributed by atoms with van der Waals surface area (Å²) in [6, 6.07) is 10.5. The first kappa shape index (κ1) is 18.4. The van der Waals surface area contributed by atoms with Crippen LogP contribution in [0, 0.1) is 6.92 Å². The molecule has 0 amide bonds. The van der Waals surface area contributed by atoms with E-state index in [0.717, 1.165) is 65.9 Å². The minimum atomic E-state index is 0.154. The van der Waals surface area contributed by atoms with Crippen LogP contribution in [0.5, 0.6) is 0 Å². The van der Waals surface area contributed by atoms with Gasteiger partial charge >= 0.3 is 0 Å². The lowest BCUT2D eigenvalue weighted by Crippen LogP contribution is -2.37. The molecule has 1 aromatic carbocycles. The summed E-state index contributed by atoms with van der Waals surface area (Å²) in [5.41, 5.74) is 2.33. The molecule has 0 spiro atoms. The van der Waals surface area contributed by atoms with E-state index in [0.29, 0.717) is 0 Å². The molecule has 5 heteroatoms. The smallest absolute Gasteiger partial charge is 0.263 e. The Morgan fingerprint density at radius 1 is 1.19 bits per heavy atom. The van der Waals surface area contributed by atoms with Gasteiger partial charge in [0.25, 0.3) is 5.56 Å². The topological polar surface area (TPSA) is 38.1 Å². The number of aryl methyl sites for hydroxylation is 2. The van der Waals surface area contributed by atoms with Crippen molar-refractivity contribution in [3.05, 3.63) is 51.4 Å². The van der Waals surface area contributed by atoms with Gasteiger partial charge in [-0.1, -0.05) is 37.3 Å². The molecule has 1 aliphatic heterocycles. The zero-order valence-electron chi connectivity index (χ0n) is 16.4. The number of thiophene rings is 1. The van der Waals surface area contributed by atoms with E-state index in [9.17, 15) is 4.79 Å². The van der Waals surface area contributed by atoms with Gasteiger partial charge in [-0.15, -0.1) is 11.3 Å². The molecular weight excluding hydrogens is 354 g/mol. The van der Waals surface area contributed by atoms with Crippen LogP contribution in [0.4, 0.5) is 0 Å². The van der Waals surface area contributed by atoms with Crippen LogP contribution in [0.15, 0.2) is 35.1 Å². The van der Waals surface area contributed by atoms with E-state index in [1.54, 1.807) is 11.3 Å². The fourth-order valence-corrected chi connectivity index (χ4v) is 5.25. The quantitative estimate of drug-likeness (QED) is 0.660. The third-order valence-electron chi connectivity index (χ3n) is 5.60. The van der Waals surface area contributed by atoms with E-state index >= 15 is 0 Å². The van der Waals surface area contributed by atoms with Gasteiger partial charge in [-0.3, -0.25) is 9.36 Å². The lowest BCUT2D eigenvalue weighted by atomic mass is 10.0. The Kier molecular flexibility index (Phi) is 5.15. The van der Waals surface area contributed by atoms with Crippen molar-refractivity contribution in [2.75, 3.05) is 20.1 Å². The van der Waals surface area contributed by atoms with Gasteiger partial charge in [0.1, 0.15) is 10.7 Å². The van der Waals surface area contributed by atoms with Crippen molar-refractivity contribution in [2.45, 2.75) is 45.6 Å². The molecule has 1 saturated heterocycles. The van der Waals surface area contributed by atoms with Crippen molar-refractivity contribution in [3.8, 4) is 11.1 Å². The van der Waals surface area contributed by atoms with Gasteiger partial charge in [-0.2, -0.15) is 0 Å². The van der Waals surface area contributed by atoms with Crippen molar-refractivity contribution in [3.63, 3.8) is 0 Å². The van der Waals surface area contributed by atoms with Crippen LogP contribution in [0.25, 0.3) is 21.3 Å². The maximum absolute atomic E-state index is 13.7. The third kappa shape index (κ3) is 3.34. The Balaban J connectivity index is 1.95. The molecule has 142 valence electrons. The maximum Gasteiger partial charge on any atom is 0.263 e. The largest absolute Gasteiger partial charge is 0.306 e. The molecule has 0 unspecified atom stereocenters. The molecule has 2 aromatic heterocycles. The number of likely N-dealkylation sites (tertiary alicyclic amines) is 1. The van der Waals surface area contributed by atoms with Crippen molar-refractivity contribution in [2.24, 2.45) is 0 Å². The average molecular weight is 382 g/mol. The fraction of sp³-hybridized carbons (Fsp3) is 0.455. The minimum absolute atomic E-state index is 0.154. The molecule has 1 fully saturated rings. The highest BCUT2D eigenvalue weighted by atomic mass is 32.1. The molecule has 3 heterocycles. The zero-order valence-corrected chi connectivity index (χ0v) is 17.2. The molecule has 0 saturated carbocycles. The van der Waals surface area contributed by atoms with Crippen LogP contribution >= 0.6 is 11.3 Å². The van der Waals surface area contributed by atoms with E-state index in [1.807, 2.05) is 22.8 Å². The van der Waals surface area contributed by atoms with Gasteiger partial charge in [0.15, 0.2) is 0 Å². The SMILES string of the molecule is CCCc1nc2sc(C)c(-c3ccccc3)c2c(=O)n1C1CCN(C)CC1. The van der Waals surface area contributed by atoms with E-state index in [4.69, 9.17) is 4.98 Å². The summed E-state index contributed by atoms with van der Waals surface area (Å²) in [5, 5.41) is 0.808. The van der Waals surface area contributed by atoms with Crippen molar-refractivity contribution >= 4 is 21.6 Å². The number of rotatable bonds is 4.